The molecule has 0 atom stereocenters. The van der Waals surface area contributed by atoms with Crippen molar-refractivity contribution in [3.05, 3.63) is 265 Å². The molecule has 0 bridgehead atoms. The van der Waals surface area contributed by atoms with Crippen LogP contribution in [0, 0.1) is 12.1 Å². The van der Waals surface area contributed by atoms with Crippen molar-refractivity contribution in [1.82, 2.24) is 9.97 Å². The summed E-state index contributed by atoms with van der Waals surface area (Å²) in [6.07, 6.45) is 20.2. The van der Waals surface area contributed by atoms with Gasteiger partial charge in [-0.15, -0.1) is 70.8 Å². The first kappa shape index (κ1) is 61.2. The number of nitrogens with zero attached hydrogens (tertiary/aromatic N) is 2. The number of aryl methyl sites for hydroxylation is 4. The average molecular weight is 1430 g/mol. The Hall–Kier alpha value is -6.90. The molecule has 0 aliphatic carbocycles. The van der Waals surface area contributed by atoms with Crippen molar-refractivity contribution in [2.75, 3.05) is 0 Å². The molecule has 0 fully saturated rings. The molecule has 418 valence electrons. The van der Waals surface area contributed by atoms with Crippen LogP contribution in [-0.4, -0.2) is 9.97 Å². The smallest absolute Gasteiger partial charge is 0.0595 e. The Kier molecular flexibility index (Phi) is 23.9. The molecule has 2 aromatic heterocycles. The van der Waals surface area contributed by atoms with Gasteiger partial charge in [-0.05, 0) is 153 Å². The Labute approximate surface area is 516 Å². The maximum atomic E-state index is 5.01. The second-order valence-corrected chi connectivity index (χ2v) is 21.7. The molecule has 2 nitrogen and oxygen atoms in total. The minimum Gasteiger partial charge on any atom is -0.296 e. The molecule has 0 amide bonds. The first-order chi connectivity index (χ1) is 39.5. The minimum atomic E-state index is 0. The Bertz CT molecular complexity index is 3680. The summed E-state index contributed by atoms with van der Waals surface area (Å²) >= 11 is 0. The fraction of sp³-hybridized carbons (Fsp3) is 0.231. The molecule has 0 N–H and O–H groups in total. The number of fused-ring (bicyclic) bond motifs is 2. The third-order valence-corrected chi connectivity index (χ3v) is 15.6. The van der Waals surface area contributed by atoms with Gasteiger partial charge in [-0.1, -0.05) is 235 Å². The number of unbranched alkanes of at least 4 members (excludes halogenated alkanes) is 9. The standard InChI is InChI=1S/C39H34N.C39H42N.2Ir/c1(5-13-30-14-7-3-8-15-30)2-6-16-31-17-11-20-33(27-31)34-21-12-22-36(28-34)38-26-24-37-29-35(23-25-39(37)40-38)32-18-9-4-10-19-32;1-3-5-7-9-12-30-16-20-32(21-17-30)34-14-11-15-36(28-34)38-27-25-37-29-35(24-26-39(37)40-38)33-22-18-31(19-23-33)13-10-8-6-4-2;;/h3-4,7-12,14-15,17-21,23-29H,1-2,5-6,13,16H2;11,14,16-29H,3-10,12-13H2,1-2H3;;/q2*-1;;. The van der Waals surface area contributed by atoms with Gasteiger partial charge in [0.2, 0.25) is 0 Å². The van der Waals surface area contributed by atoms with Gasteiger partial charge >= 0.3 is 0 Å². The molecule has 2 radical (unpaired) electrons. The maximum absolute atomic E-state index is 5.01. The number of benzene rings is 9. The molecule has 0 aliphatic rings. The van der Waals surface area contributed by atoms with E-state index >= 15 is 0 Å². The Morgan fingerprint density at radius 1 is 0.280 bits per heavy atom. The first-order valence-electron chi connectivity index (χ1n) is 29.8. The molecule has 82 heavy (non-hydrogen) atoms. The average Bonchev–Trinajstić information content (AvgIpc) is 3.55. The van der Waals surface area contributed by atoms with Crippen LogP contribution in [0.3, 0.4) is 0 Å². The van der Waals surface area contributed by atoms with Gasteiger partial charge in [-0.25, -0.2) is 0 Å². The molecule has 11 rings (SSSR count). The molecule has 0 saturated carbocycles. The van der Waals surface area contributed by atoms with Crippen molar-refractivity contribution in [1.29, 1.82) is 0 Å². The van der Waals surface area contributed by atoms with Crippen molar-refractivity contribution in [3.63, 3.8) is 0 Å². The van der Waals surface area contributed by atoms with Crippen LogP contribution >= 0.6 is 0 Å². The predicted octanol–water partition coefficient (Wildman–Crippen LogP) is 21.7. The molecule has 11 aromatic rings. The van der Waals surface area contributed by atoms with Crippen LogP contribution in [0.1, 0.15) is 113 Å². The minimum absolute atomic E-state index is 0. The van der Waals surface area contributed by atoms with Crippen molar-refractivity contribution in [3.8, 4) is 67.0 Å². The molecule has 0 saturated heterocycles. The molecule has 0 unspecified atom stereocenters. The topological polar surface area (TPSA) is 25.8 Å². The third kappa shape index (κ3) is 17.3. The SMILES string of the molecule is CCCCCCc1ccc(-c2cc[c-]c(-c3ccc4cc(-c5ccc(CCCCCC)cc5)ccc4n3)c2)cc1.[Ir].[Ir].[c-]1ccc(-c2cccc(CCCCCCc3ccccc3)c2)cc1-c1ccc2cc(-c3ccccc3)ccc2n1. The monoisotopic (exact) mass is 1430 g/mol. The first-order valence-corrected chi connectivity index (χ1v) is 29.8. The Balaban J connectivity index is 0.000000210. The molecular weight excluding hydrogens is 1350 g/mol. The van der Waals surface area contributed by atoms with Crippen LogP contribution in [0.5, 0.6) is 0 Å². The van der Waals surface area contributed by atoms with E-state index in [9.17, 15) is 0 Å². The number of aromatic nitrogens is 2. The van der Waals surface area contributed by atoms with Gasteiger partial charge in [0.1, 0.15) is 0 Å². The molecular formula is C78H76Ir2N2-2. The summed E-state index contributed by atoms with van der Waals surface area (Å²) in [5.74, 6) is 0. The van der Waals surface area contributed by atoms with E-state index in [4.69, 9.17) is 9.97 Å². The van der Waals surface area contributed by atoms with Crippen molar-refractivity contribution in [2.24, 2.45) is 0 Å². The van der Waals surface area contributed by atoms with E-state index in [0.29, 0.717) is 0 Å². The van der Waals surface area contributed by atoms with Crippen LogP contribution in [0.15, 0.2) is 231 Å². The Morgan fingerprint density at radius 3 is 1.13 bits per heavy atom. The number of rotatable bonds is 23. The normalized spacial score (nSPS) is 10.9. The summed E-state index contributed by atoms with van der Waals surface area (Å²) in [4.78, 5) is 10.00. The second kappa shape index (κ2) is 32.1. The summed E-state index contributed by atoms with van der Waals surface area (Å²) in [5.41, 5.74) is 21.5. The van der Waals surface area contributed by atoms with E-state index in [1.165, 1.54) is 163 Å². The summed E-state index contributed by atoms with van der Waals surface area (Å²) in [7, 11) is 0. The zero-order valence-electron chi connectivity index (χ0n) is 47.8. The van der Waals surface area contributed by atoms with E-state index in [1.807, 2.05) is 12.1 Å². The third-order valence-electron chi connectivity index (χ3n) is 15.6. The van der Waals surface area contributed by atoms with Gasteiger partial charge in [0.05, 0.1) is 11.0 Å². The zero-order valence-corrected chi connectivity index (χ0v) is 52.6. The summed E-state index contributed by atoms with van der Waals surface area (Å²) < 4.78 is 0. The van der Waals surface area contributed by atoms with Crippen molar-refractivity contribution in [2.45, 2.75) is 117 Å². The van der Waals surface area contributed by atoms with Gasteiger partial charge in [0.25, 0.3) is 0 Å². The summed E-state index contributed by atoms with van der Waals surface area (Å²) in [6, 6.07) is 89.8. The molecule has 0 spiro atoms. The van der Waals surface area contributed by atoms with E-state index in [-0.39, 0.29) is 40.2 Å². The van der Waals surface area contributed by atoms with E-state index in [1.54, 1.807) is 0 Å². The van der Waals surface area contributed by atoms with Gasteiger partial charge in [0.15, 0.2) is 0 Å². The second-order valence-electron chi connectivity index (χ2n) is 21.7. The van der Waals surface area contributed by atoms with Crippen molar-refractivity contribution < 1.29 is 40.2 Å². The fourth-order valence-electron chi connectivity index (χ4n) is 10.9. The quantitative estimate of drug-likeness (QED) is 0.0471. The van der Waals surface area contributed by atoms with Crippen LogP contribution in [0.25, 0.3) is 88.8 Å². The van der Waals surface area contributed by atoms with Crippen LogP contribution in [-0.2, 0) is 65.9 Å². The summed E-state index contributed by atoms with van der Waals surface area (Å²) in [6.45, 7) is 4.53. The van der Waals surface area contributed by atoms with Crippen LogP contribution in [0.4, 0.5) is 0 Å². The van der Waals surface area contributed by atoms with Crippen LogP contribution in [0.2, 0.25) is 0 Å². The molecule has 0 aliphatic heterocycles. The van der Waals surface area contributed by atoms with E-state index < -0.39 is 0 Å². The van der Waals surface area contributed by atoms with Gasteiger partial charge in [-0.2, -0.15) is 0 Å². The van der Waals surface area contributed by atoms with Gasteiger partial charge in [-0.3, -0.25) is 9.97 Å². The Morgan fingerprint density at radius 2 is 0.646 bits per heavy atom. The fourth-order valence-corrected chi connectivity index (χ4v) is 10.9. The molecule has 4 heteroatoms. The van der Waals surface area contributed by atoms with E-state index in [0.717, 1.165) is 50.7 Å². The molecule has 2 heterocycles. The van der Waals surface area contributed by atoms with E-state index in [2.05, 4.69) is 244 Å². The van der Waals surface area contributed by atoms with Crippen LogP contribution < -0.4 is 0 Å². The van der Waals surface area contributed by atoms with Crippen molar-refractivity contribution >= 4 is 21.8 Å². The van der Waals surface area contributed by atoms with Gasteiger partial charge in [0, 0.05) is 40.2 Å². The number of pyridine rings is 2. The summed E-state index contributed by atoms with van der Waals surface area (Å²) in [5, 5.41) is 2.31. The number of hydrogen-bond acceptors (Lipinski definition) is 2. The molecule has 9 aromatic carbocycles. The largest absolute Gasteiger partial charge is 0.296 e. The van der Waals surface area contributed by atoms with Gasteiger partial charge < -0.3 is 0 Å². The number of hydrogen-bond donors (Lipinski definition) is 0. The predicted molar refractivity (Wildman–Crippen MR) is 342 cm³/mol. The zero-order chi connectivity index (χ0) is 54.6. The maximum Gasteiger partial charge on any atom is 0.0595 e.